The molecule has 0 aromatic heterocycles. The lowest BCUT2D eigenvalue weighted by Gasteiger charge is -2.14. The van der Waals surface area contributed by atoms with Gasteiger partial charge in [0.25, 0.3) is 0 Å². The van der Waals surface area contributed by atoms with E-state index in [1.807, 2.05) is 0 Å². The Morgan fingerprint density at radius 2 is 2.11 bits per heavy atom. The number of esters is 1. The summed E-state index contributed by atoms with van der Waals surface area (Å²) in [5.74, 6) is -0.648. The number of amides is 1. The molecule has 1 amide bonds. The van der Waals surface area contributed by atoms with E-state index >= 15 is 0 Å². The molecule has 0 saturated heterocycles. The fraction of sp³-hybridized carbons (Fsp3) is 0.333. The SMILES string of the molecule is CC(=O)NC(CS)C(=O)OCc1ccccc1Cl. The highest BCUT2D eigenvalue weighted by Gasteiger charge is 2.19. The molecule has 0 radical (unpaired) electrons. The van der Waals surface area contributed by atoms with Gasteiger partial charge in [-0.3, -0.25) is 4.79 Å². The van der Waals surface area contributed by atoms with Gasteiger partial charge in [-0.1, -0.05) is 29.8 Å². The second-order valence-electron chi connectivity index (χ2n) is 3.63. The summed E-state index contributed by atoms with van der Waals surface area (Å²) in [6.07, 6.45) is 0. The highest BCUT2D eigenvalue weighted by atomic mass is 35.5. The van der Waals surface area contributed by atoms with Gasteiger partial charge >= 0.3 is 5.97 Å². The van der Waals surface area contributed by atoms with Crippen molar-refractivity contribution in [1.29, 1.82) is 0 Å². The number of ether oxygens (including phenoxy) is 1. The van der Waals surface area contributed by atoms with E-state index in [1.165, 1.54) is 6.92 Å². The smallest absolute Gasteiger partial charge is 0.329 e. The van der Waals surface area contributed by atoms with Gasteiger partial charge in [0.2, 0.25) is 5.91 Å². The Morgan fingerprint density at radius 3 is 2.67 bits per heavy atom. The molecule has 4 nitrogen and oxygen atoms in total. The van der Waals surface area contributed by atoms with Gasteiger partial charge in [-0.05, 0) is 6.07 Å². The van der Waals surface area contributed by atoms with E-state index in [-0.39, 0.29) is 18.3 Å². The van der Waals surface area contributed by atoms with Crippen molar-refractivity contribution in [2.24, 2.45) is 0 Å². The van der Waals surface area contributed by atoms with E-state index in [0.717, 1.165) is 0 Å². The summed E-state index contributed by atoms with van der Waals surface area (Å²) >= 11 is 9.92. The predicted octanol–water partition coefficient (Wildman–Crippen LogP) is 1.82. The van der Waals surface area contributed by atoms with Crippen LogP contribution in [0.25, 0.3) is 0 Å². The first-order chi connectivity index (χ1) is 8.54. The van der Waals surface area contributed by atoms with Crippen molar-refractivity contribution in [2.45, 2.75) is 19.6 Å². The van der Waals surface area contributed by atoms with E-state index in [1.54, 1.807) is 24.3 Å². The number of halogens is 1. The molecule has 1 unspecified atom stereocenters. The molecule has 1 atom stereocenters. The summed E-state index contributed by atoms with van der Waals surface area (Å²) in [4.78, 5) is 22.5. The van der Waals surface area contributed by atoms with Crippen LogP contribution in [0.4, 0.5) is 0 Å². The van der Waals surface area contributed by atoms with Crippen molar-refractivity contribution in [2.75, 3.05) is 5.75 Å². The maximum Gasteiger partial charge on any atom is 0.329 e. The molecule has 0 bridgehead atoms. The normalized spacial score (nSPS) is 11.7. The van der Waals surface area contributed by atoms with E-state index in [0.29, 0.717) is 10.6 Å². The molecule has 1 aromatic rings. The fourth-order valence-electron chi connectivity index (χ4n) is 1.29. The van der Waals surface area contributed by atoms with Gasteiger partial charge < -0.3 is 10.1 Å². The van der Waals surface area contributed by atoms with Gasteiger partial charge in [0.15, 0.2) is 0 Å². The molecule has 0 fully saturated rings. The Balaban J connectivity index is 2.54. The third kappa shape index (κ3) is 4.58. The third-order valence-corrected chi connectivity index (χ3v) is 2.91. The molecule has 1 rings (SSSR count). The van der Waals surface area contributed by atoms with Crippen LogP contribution in [0.1, 0.15) is 12.5 Å². The van der Waals surface area contributed by atoms with Gasteiger partial charge in [-0.2, -0.15) is 12.6 Å². The summed E-state index contributed by atoms with van der Waals surface area (Å²) < 4.78 is 5.08. The molecular weight excluding hydrogens is 274 g/mol. The molecule has 0 saturated carbocycles. The molecule has 0 heterocycles. The maximum atomic E-state index is 11.7. The van der Waals surface area contributed by atoms with Crippen LogP contribution in [0.2, 0.25) is 5.02 Å². The molecule has 6 heteroatoms. The lowest BCUT2D eigenvalue weighted by Crippen LogP contribution is -2.42. The second-order valence-corrected chi connectivity index (χ2v) is 4.41. The first-order valence-electron chi connectivity index (χ1n) is 5.32. The molecule has 1 aromatic carbocycles. The summed E-state index contributed by atoms with van der Waals surface area (Å²) in [7, 11) is 0. The zero-order valence-electron chi connectivity index (χ0n) is 9.85. The van der Waals surface area contributed by atoms with Crippen molar-refractivity contribution in [1.82, 2.24) is 5.32 Å². The number of nitrogens with one attached hydrogen (secondary N) is 1. The molecule has 98 valence electrons. The van der Waals surface area contributed by atoms with Crippen molar-refractivity contribution in [3.63, 3.8) is 0 Å². The lowest BCUT2D eigenvalue weighted by molar-refractivity contribution is -0.148. The number of thiol groups is 1. The average Bonchev–Trinajstić information content (AvgIpc) is 2.34. The minimum atomic E-state index is -0.742. The highest BCUT2D eigenvalue weighted by Crippen LogP contribution is 2.15. The van der Waals surface area contributed by atoms with Crippen LogP contribution in [0, 0.1) is 0 Å². The van der Waals surface area contributed by atoms with Crippen molar-refractivity contribution < 1.29 is 14.3 Å². The van der Waals surface area contributed by atoms with Crippen molar-refractivity contribution in [3.05, 3.63) is 34.9 Å². The van der Waals surface area contributed by atoms with E-state index in [2.05, 4.69) is 17.9 Å². The zero-order valence-corrected chi connectivity index (χ0v) is 11.5. The summed E-state index contributed by atoms with van der Waals surface area (Å²) in [5, 5.41) is 2.99. The predicted molar refractivity (Wildman–Crippen MR) is 72.7 cm³/mol. The van der Waals surface area contributed by atoms with Crippen LogP contribution in [-0.4, -0.2) is 23.7 Å². The van der Waals surface area contributed by atoms with Gasteiger partial charge in [0.05, 0.1) is 0 Å². The number of hydrogen-bond acceptors (Lipinski definition) is 4. The van der Waals surface area contributed by atoms with Gasteiger partial charge in [0, 0.05) is 23.3 Å². The number of benzene rings is 1. The Bertz CT molecular complexity index is 439. The van der Waals surface area contributed by atoms with Crippen molar-refractivity contribution >= 4 is 36.1 Å². The number of hydrogen-bond donors (Lipinski definition) is 2. The molecule has 18 heavy (non-hydrogen) atoms. The minimum Gasteiger partial charge on any atom is -0.459 e. The summed E-state index contributed by atoms with van der Waals surface area (Å²) in [5.41, 5.74) is 0.716. The summed E-state index contributed by atoms with van der Waals surface area (Å²) in [6.45, 7) is 1.40. The first-order valence-corrected chi connectivity index (χ1v) is 6.33. The highest BCUT2D eigenvalue weighted by molar-refractivity contribution is 7.80. The first kappa shape index (κ1) is 14.9. The van der Waals surface area contributed by atoms with Gasteiger partial charge in [-0.25, -0.2) is 4.79 Å². The van der Waals surface area contributed by atoms with E-state index < -0.39 is 12.0 Å². The lowest BCUT2D eigenvalue weighted by atomic mass is 10.2. The van der Waals surface area contributed by atoms with Crippen LogP contribution in [-0.2, 0) is 20.9 Å². The maximum absolute atomic E-state index is 11.7. The third-order valence-electron chi connectivity index (χ3n) is 2.17. The molecule has 1 N–H and O–H groups in total. The Labute approximate surface area is 116 Å². The molecular formula is C12H14ClNO3S. The van der Waals surface area contributed by atoms with E-state index in [4.69, 9.17) is 16.3 Å². The van der Waals surface area contributed by atoms with Crippen LogP contribution in [0.3, 0.4) is 0 Å². The van der Waals surface area contributed by atoms with Crippen LogP contribution >= 0.6 is 24.2 Å². The molecule has 0 aliphatic rings. The number of carbonyl (C=O) groups excluding carboxylic acids is 2. The largest absolute Gasteiger partial charge is 0.459 e. The van der Waals surface area contributed by atoms with Gasteiger partial charge in [0.1, 0.15) is 12.6 Å². The minimum absolute atomic E-state index is 0.0718. The van der Waals surface area contributed by atoms with E-state index in [9.17, 15) is 9.59 Å². The molecule has 0 aliphatic heterocycles. The zero-order chi connectivity index (χ0) is 13.5. The molecule has 0 spiro atoms. The Kier molecular flexibility index (Phi) is 6.01. The Hall–Kier alpha value is -1.20. The fourth-order valence-corrected chi connectivity index (χ4v) is 1.72. The average molecular weight is 288 g/mol. The van der Waals surface area contributed by atoms with Crippen LogP contribution in [0.15, 0.2) is 24.3 Å². The Morgan fingerprint density at radius 1 is 1.44 bits per heavy atom. The number of carbonyl (C=O) groups is 2. The topological polar surface area (TPSA) is 55.4 Å². The van der Waals surface area contributed by atoms with Gasteiger partial charge in [-0.15, -0.1) is 0 Å². The van der Waals surface area contributed by atoms with Crippen LogP contribution in [0.5, 0.6) is 0 Å². The number of rotatable bonds is 5. The van der Waals surface area contributed by atoms with Crippen molar-refractivity contribution in [3.8, 4) is 0 Å². The quantitative estimate of drug-likeness (QED) is 0.642. The standard InChI is InChI=1S/C12H14ClNO3S/c1-8(15)14-11(7-18)12(16)17-6-9-4-2-3-5-10(9)13/h2-5,11,18H,6-7H2,1H3,(H,14,15). The second kappa shape index (κ2) is 7.28. The van der Waals surface area contributed by atoms with Crippen LogP contribution < -0.4 is 5.32 Å². The molecule has 0 aliphatic carbocycles. The summed E-state index contributed by atoms with van der Waals surface area (Å²) in [6, 6.07) is 6.34. The monoisotopic (exact) mass is 287 g/mol.